The van der Waals surface area contributed by atoms with Crippen LogP contribution >= 0.6 is 0 Å². The molecule has 0 aliphatic rings. The molecule has 2 rings (SSSR count). The molecule has 0 aliphatic carbocycles. The van der Waals surface area contributed by atoms with E-state index in [0.717, 1.165) is 13.0 Å². The van der Waals surface area contributed by atoms with Crippen molar-refractivity contribution >= 4 is 10.8 Å². The van der Waals surface area contributed by atoms with Gasteiger partial charge in [0.25, 0.3) is 0 Å². The lowest BCUT2D eigenvalue weighted by Crippen LogP contribution is -2.40. The van der Waals surface area contributed by atoms with Gasteiger partial charge in [0, 0.05) is 12.6 Å². The fourth-order valence-electron chi connectivity index (χ4n) is 2.79. The number of rotatable bonds is 6. The molecular weight excluding hydrogens is 254 g/mol. The topological polar surface area (TPSA) is 12.0 Å². The average molecular weight is 283 g/mol. The Morgan fingerprint density at radius 1 is 0.952 bits per heavy atom. The lowest BCUT2D eigenvalue weighted by Gasteiger charge is -2.35. The molecule has 1 nitrogen and oxygen atoms in total. The van der Waals surface area contributed by atoms with Crippen LogP contribution in [-0.4, -0.2) is 12.6 Å². The molecule has 21 heavy (non-hydrogen) atoms. The Labute approximate surface area is 129 Å². The lowest BCUT2D eigenvalue weighted by molar-refractivity contribution is 0.202. The van der Waals surface area contributed by atoms with E-state index in [0.29, 0.717) is 12.0 Å². The molecule has 2 aromatic rings. The van der Waals surface area contributed by atoms with Crippen LogP contribution in [0.1, 0.15) is 40.2 Å². The predicted molar refractivity (Wildman–Crippen MR) is 93.7 cm³/mol. The van der Waals surface area contributed by atoms with Crippen molar-refractivity contribution in [3.05, 3.63) is 48.0 Å². The molecule has 0 fully saturated rings. The summed E-state index contributed by atoms with van der Waals surface area (Å²) in [5, 5.41) is 6.38. The van der Waals surface area contributed by atoms with Gasteiger partial charge >= 0.3 is 0 Å². The van der Waals surface area contributed by atoms with Crippen molar-refractivity contribution in [1.82, 2.24) is 5.32 Å². The molecule has 114 valence electrons. The zero-order chi connectivity index (χ0) is 15.5. The Kier molecular flexibility index (Phi) is 5.05. The minimum Gasteiger partial charge on any atom is -0.314 e. The van der Waals surface area contributed by atoms with Gasteiger partial charge in [0.15, 0.2) is 0 Å². The molecule has 0 bridgehead atoms. The summed E-state index contributed by atoms with van der Waals surface area (Å²) in [6, 6.07) is 15.9. The third kappa shape index (κ3) is 3.85. The van der Waals surface area contributed by atoms with Crippen LogP contribution in [0.25, 0.3) is 10.8 Å². The van der Waals surface area contributed by atoms with E-state index < -0.39 is 0 Å². The molecule has 1 unspecified atom stereocenters. The summed E-state index contributed by atoms with van der Waals surface area (Å²) in [5.74, 6) is 0.641. The van der Waals surface area contributed by atoms with Crippen LogP contribution in [0.15, 0.2) is 42.5 Å². The highest BCUT2D eigenvalue weighted by molar-refractivity contribution is 5.85. The van der Waals surface area contributed by atoms with E-state index in [1.165, 1.54) is 16.3 Å². The highest BCUT2D eigenvalue weighted by atomic mass is 14.9. The summed E-state index contributed by atoms with van der Waals surface area (Å²) in [6.45, 7) is 12.6. The average Bonchev–Trinajstić information content (AvgIpc) is 2.45. The summed E-state index contributed by atoms with van der Waals surface area (Å²) < 4.78 is 0. The molecule has 0 saturated heterocycles. The Balaban J connectivity index is 2.30. The first kappa shape index (κ1) is 16.0. The van der Waals surface area contributed by atoms with Gasteiger partial charge in [-0.05, 0) is 34.1 Å². The second-order valence-electron chi connectivity index (χ2n) is 7.16. The van der Waals surface area contributed by atoms with E-state index in [1.54, 1.807) is 0 Å². The molecule has 0 aromatic heterocycles. The maximum atomic E-state index is 3.64. The molecule has 0 spiro atoms. The van der Waals surface area contributed by atoms with E-state index in [2.05, 4.69) is 82.4 Å². The first-order valence-electron chi connectivity index (χ1n) is 8.12. The van der Waals surface area contributed by atoms with Crippen LogP contribution in [0.3, 0.4) is 0 Å². The van der Waals surface area contributed by atoms with Crippen LogP contribution in [0.4, 0.5) is 0 Å². The van der Waals surface area contributed by atoms with E-state index in [1.807, 2.05) is 0 Å². The highest BCUT2D eigenvalue weighted by Crippen LogP contribution is 2.33. The maximum Gasteiger partial charge on any atom is 0.00132 e. The fourth-order valence-corrected chi connectivity index (χ4v) is 2.79. The van der Waals surface area contributed by atoms with Gasteiger partial charge in [-0.25, -0.2) is 0 Å². The van der Waals surface area contributed by atoms with Gasteiger partial charge < -0.3 is 5.32 Å². The van der Waals surface area contributed by atoms with Crippen LogP contribution in [0, 0.1) is 11.3 Å². The largest absolute Gasteiger partial charge is 0.314 e. The van der Waals surface area contributed by atoms with Gasteiger partial charge in [-0.15, -0.1) is 0 Å². The van der Waals surface area contributed by atoms with E-state index in [4.69, 9.17) is 0 Å². The number of hydrogen-bond donors (Lipinski definition) is 1. The first-order chi connectivity index (χ1) is 9.92. The number of nitrogens with one attached hydrogen (secondary N) is 1. The molecule has 1 N–H and O–H groups in total. The van der Waals surface area contributed by atoms with Crippen molar-refractivity contribution in [3.63, 3.8) is 0 Å². The minimum absolute atomic E-state index is 0.272. The van der Waals surface area contributed by atoms with Crippen LogP contribution in [-0.2, 0) is 6.42 Å². The normalized spacial score (nSPS) is 14.8. The van der Waals surface area contributed by atoms with Gasteiger partial charge in [-0.1, -0.05) is 77.1 Å². The Hall–Kier alpha value is -1.34. The second-order valence-corrected chi connectivity index (χ2v) is 7.16. The van der Waals surface area contributed by atoms with Crippen LogP contribution < -0.4 is 5.32 Å². The van der Waals surface area contributed by atoms with Crippen molar-refractivity contribution in [2.24, 2.45) is 11.3 Å². The van der Waals surface area contributed by atoms with E-state index in [-0.39, 0.29) is 5.41 Å². The van der Waals surface area contributed by atoms with Crippen molar-refractivity contribution in [2.75, 3.05) is 6.54 Å². The van der Waals surface area contributed by atoms with Crippen molar-refractivity contribution in [2.45, 2.75) is 47.1 Å². The third-order valence-electron chi connectivity index (χ3n) is 4.78. The van der Waals surface area contributed by atoms with Gasteiger partial charge in [0.1, 0.15) is 0 Å². The van der Waals surface area contributed by atoms with Crippen molar-refractivity contribution < 1.29 is 0 Å². The molecule has 0 aliphatic heterocycles. The molecule has 0 saturated carbocycles. The SMILES string of the molecule is CC(C)NCC(C)(Cc1cccc2ccccc12)C(C)C. The van der Waals surface area contributed by atoms with Crippen molar-refractivity contribution in [3.8, 4) is 0 Å². The van der Waals surface area contributed by atoms with Crippen LogP contribution in [0.5, 0.6) is 0 Å². The molecule has 0 radical (unpaired) electrons. The first-order valence-corrected chi connectivity index (χ1v) is 8.12. The highest BCUT2D eigenvalue weighted by Gasteiger charge is 2.29. The smallest absolute Gasteiger partial charge is 0.00132 e. The summed E-state index contributed by atoms with van der Waals surface area (Å²) in [5.41, 5.74) is 1.74. The fraction of sp³-hybridized carbons (Fsp3) is 0.500. The van der Waals surface area contributed by atoms with Gasteiger partial charge in [0.05, 0.1) is 0 Å². The predicted octanol–water partition coefficient (Wildman–Crippen LogP) is 5.04. The Morgan fingerprint density at radius 2 is 1.62 bits per heavy atom. The van der Waals surface area contributed by atoms with Gasteiger partial charge in [-0.2, -0.15) is 0 Å². The van der Waals surface area contributed by atoms with Crippen LogP contribution in [0.2, 0.25) is 0 Å². The minimum atomic E-state index is 0.272. The summed E-state index contributed by atoms with van der Waals surface area (Å²) in [4.78, 5) is 0. The van der Waals surface area contributed by atoms with E-state index in [9.17, 15) is 0 Å². The summed E-state index contributed by atoms with van der Waals surface area (Å²) in [7, 11) is 0. The number of fused-ring (bicyclic) bond motifs is 1. The van der Waals surface area contributed by atoms with E-state index >= 15 is 0 Å². The lowest BCUT2D eigenvalue weighted by atomic mass is 9.73. The number of hydrogen-bond acceptors (Lipinski definition) is 1. The molecule has 2 aromatic carbocycles. The molecular formula is C20H29N. The monoisotopic (exact) mass is 283 g/mol. The summed E-state index contributed by atoms with van der Waals surface area (Å²) in [6.07, 6.45) is 1.12. The summed E-state index contributed by atoms with van der Waals surface area (Å²) >= 11 is 0. The zero-order valence-corrected chi connectivity index (χ0v) is 14.1. The van der Waals surface area contributed by atoms with Crippen molar-refractivity contribution in [1.29, 1.82) is 0 Å². The number of benzene rings is 2. The third-order valence-corrected chi connectivity index (χ3v) is 4.78. The second kappa shape index (κ2) is 6.62. The zero-order valence-electron chi connectivity index (χ0n) is 14.1. The quantitative estimate of drug-likeness (QED) is 0.783. The van der Waals surface area contributed by atoms with Gasteiger partial charge in [-0.3, -0.25) is 0 Å². The van der Waals surface area contributed by atoms with Gasteiger partial charge in [0.2, 0.25) is 0 Å². The molecule has 0 heterocycles. The Morgan fingerprint density at radius 3 is 2.29 bits per heavy atom. The maximum absolute atomic E-state index is 3.64. The molecule has 0 amide bonds. The molecule has 1 atom stereocenters. The molecule has 1 heteroatoms. The Bertz CT molecular complexity index is 580. The standard InChI is InChI=1S/C20H29N/c1-15(2)20(5,14-21-16(3)4)13-18-11-8-10-17-9-6-7-12-19(17)18/h6-12,15-16,21H,13-14H2,1-5H3.